The maximum Gasteiger partial charge on any atom is 3.00 e. The van der Waals surface area contributed by atoms with Gasteiger partial charge >= 0.3 is 20.1 Å². The third-order valence-electron chi connectivity index (χ3n) is 18.0. The summed E-state index contributed by atoms with van der Waals surface area (Å²) in [5, 5.41) is 0. The van der Waals surface area contributed by atoms with Crippen molar-refractivity contribution in [3.8, 4) is 123 Å². The van der Waals surface area contributed by atoms with Gasteiger partial charge in [0.25, 0.3) is 0 Å². The van der Waals surface area contributed by atoms with Gasteiger partial charge in [0.1, 0.15) is 0 Å². The molecule has 12 aromatic rings. The topological polar surface area (TPSA) is 38.7 Å². The molecule has 0 atom stereocenters. The fourth-order valence-corrected chi connectivity index (χ4v) is 12.4. The molecule has 0 N–H and O–H groups in total. The van der Waals surface area contributed by atoms with E-state index in [9.17, 15) is 0 Å². The summed E-state index contributed by atoms with van der Waals surface area (Å²) < 4.78 is 0. The first-order chi connectivity index (χ1) is 43.7. The van der Waals surface area contributed by atoms with Crippen LogP contribution in [0, 0.1) is 18.2 Å². The third-order valence-corrected chi connectivity index (χ3v) is 18.0. The molecule has 12 rings (SSSR count). The molecule has 3 nitrogen and oxygen atoms in total. The number of hydrogen-bond acceptors (Lipinski definition) is 3. The van der Waals surface area contributed by atoms with Crippen molar-refractivity contribution < 1.29 is 20.1 Å². The molecular weight excluding hydrogens is 1300 g/mol. The largest absolute Gasteiger partial charge is 3.00 e. The van der Waals surface area contributed by atoms with E-state index < -0.39 is 0 Å². The normalized spacial score (nSPS) is 12.2. The van der Waals surface area contributed by atoms with Crippen LogP contribution in [-0.4, -0.2) is 15.0 Å². The molecule has 0 saturated heterocycles. The predicted molar refractivity (Wildman–Crippen MR) is 390 cm³/mol. The van der Waals surface area contributed by atoms with E-state index in [0.717, 1.165) is 123 Å². The second-order valence-corrected chi connectivity index (χ2v) is 30.0. The Balaban J connectivity index is 0.00000884. The fourth-order valence-electron chi connectivity index (χ4n) is 12.4. The van der Waals surface area contributed by atoms with Crippen molar-refractivity contribution >= 4 is 0 Å². The molecule has 9 aromatic carbocycles. The molecule has 464 valence electrons. The summed E-state index contributed by atoms with van der Waals surface area (Å²) in [4.78, 5) is 14.8. The molecule has 0 fully saturated rings. The average Bonchev–Trinajstić information content (AvgIpc) is 0.776. The van der Waals surface area contributed by atoms with E-state index in [2.05, 4.69) is 340 Å². The van der Waals surface area contributed by atoms with E-state index in [4.69, 9.17) is 15.0 Å². The summed E-state index contributed by atoms with van der Waals surface area (Å²) in [5.74, 6) is 0. The maximum absolute atomic E-state index is 4.97. The molecule has 0 unspecified atom stereocenters. The van der Waals surface area contributed by atoms with Crippen LogP contribution in [0.3, 0.4) is 0 Å². The van der Waals surface area contributed by atoms with Crippen LogP contribution in [0.4, 0.5) is 0 Å². The molecule has 0 spiro atoms. The minimum absolute atomic E-state index is 0. The summed E-state index contributed by atoms with van der Waals surface area (Å²) >= 11 is 0. The van der Waals surface area contributed by atoms with Gasteiger partial charge in [-0.15, -0.1) is 77.4 Å². The summed E-state index contributed by atoms with van der Waals surface area (Å²) in [6, 6.07) is 91.9. The SMILES string of the molecule is CC(C)(C)c1cccc(-c2cc(-c3cc(C(C)(C)C)ccn3)[c-]cc2-c2ccccc2-c2cc(-c3ccccc3-c3c[c-]c(-c4cc(C(C)(C)C)ccn4)cc3)cc(-c3ccccc3-c3c[c-]c(-c4cc(C(C)(C)C)ccn4)cc3-c3cccc(C(C)(C)C)c3)c2)c1.[Ir+3]. The quantitative estimate of drug-likeness (QED) is 0.121. The van der Waals surface area contributed by atoms with E-state index in [1.54, 1.807) is 0 Å². The Morgan fingerprint density at radius 3 is 0.882 bits per heavy atom. The molecule has 0 amide bonds. The van der Waals surface area contributed by atoms with E-state index in [0.29, 0.717) is 0 Å². The Hall–Kier alpha value is -8.92. The molecule has 93 heavy (non-hydrogen) atoms. The second kappa shape index (κ2) is 25.9. The molecule has 0 aliphatic rings. The first-order valence-electron chi connectivity index (χ1n) is 32.4. The van der Waals surface area contributed by atoms with Gasteiger partial charge < -0.3 is 15.0 Å². The number of rotatable bonds is 11. The van der Waals surface area contributed by atoms with Crippen LogP contribution in [0.25, 0.3) is 123 Å². The summed E-state index contributed by atoms with van der Waals surface area (Å²) in [5.41, 5.74) is 29.3. The van der Waals surface area contributed by atoms with Crippen molar-refractivity contribution in [2.45, 2.75) is 131 Å². The Morgan fingerprint density at radius 2 is 0.538 bits per heavy atom. The number of hydrogen-bond donors (Lipinski definition) is 0. The zero-order valence-corrected chi connectivity index (χ0v) is 59.1. The summed E-state index contributed by atoms with van der Waals surface area (Å²) in [6.45, 7) is 34.0. The number of nitrogens with zero attached hydrogens (tertiary/aromatic N) is 3. The maximum atomic E-state index is 4.97. The van der Waals surface area contributed by atoms with Crippen LogP contribution >= 0.6 is 0 Å². The number of aromatic nitrogens is 3. The molecule has 3 heterocycles. The van der Waals surface area contributed by atoms with Crippen LogP contribution < -0.4 is 0 Å². The van der Waals surface area contributed by atoms with Gasteiger partial charge in [-0.25, -0.2) is 0 Å². The molecule has 0 bridgehead atoms. The number of benzene rings is 9. The predicted octanol–water partition coefficient (Wildman–Crippen LogP) is 24.1. The molecule has 0 aliphatic heterocycles. The van der Waals surface area contributed by atoms with Crippen molar-refractivity contribution in [3.63, 3.8) is 0 Å². The molecular formula is C89H84IrN3. The van der Waals surface area contributed by atoms with Crippen molar-refractivity contribution in [1.82, 2.24) is 15.0 Å². The smallest absolute Gasteiger partial charge is 0.305 e. The minimum atomic E-state index is -0.0638. The van der Waals surface area contributed by atoms with Gasteiger partial charge in [-0.3, -0.25) is 0 Å². The van der Waals surface area contributed by atoms with Crippen LogP contribution in [-0.2, 0) is 47.2 Å². The molecule has 0 radical (unpaired) electrons. The summed E-state index contributed by atoms with van der Waals surface area (Å²) in [7, 11) is 0. The van der Waals surface area contributed by atoms with Gasteiger partial charge in [0, 0.05) is 18.6 Å². The first kappa shape index (κ1) is 65.6. The van der Waals surface area contributed by atoms with E-state index >= 15 is 0 Å². The Morgan fingerprint density at radius 1 is 0.226 bits per heavy atom. The van der Waals surface area contributed by atoms with Gasteiger partial charge in [0.05, 0.1) is 0 Å². The third kappa shape index (κ3) is 14.2. The van der Waals surface area contributed by atoms with Crippen LogP contribution in [0.15, 0.2) is 237 Å². The van der Waals surface area contributed by atoms with Crippen molar-refractivity contribution in [3.05, 3.63) is 283 Å². The van der Waals surface area contributed by atoms with Gasteiger partial charge in [-0.2, -0.15) is 0 Å². The zero-order chi connectivity index (χ0) is 64.9. The van der Waals surface area contributed by atoms with Gasteiger partial charge in [-0.1, -0.05) is 288 Å². The molecule has 3 aromatic heterocycles. The standard InChI is InChI=1S/C89H84N3.Ir/c1-85(2,3)67-26-22-24-60(51-67)80-53-62(83-56-70(43-46-91-83)88(10,11)12)38-40-78(80)76-32-20-18-30-74(76)65-48-64(73-29-17-16-28-72(73)58-34-36-59(37-35-58)82-55-69(42-45-90-82)87(7,8)9)49-66(50-65)75-31-19-21-33-77(75)79-41-39-63(84-57-71(44-47-92-84)89(13,14)15)54-81(79)61-25-23-27-68(52-61)86(4,5)6;/h16-36,40-57H,1-15H3;/q-3;+3. The van der Waals surface area contributed by atoms with Crippen molar-refractivity contribution in [2.24, 2.45) is 0 Å². The molecule has 4 heteroatoms. The molecule has 0 saturated carbocycles. The second-order valence-electron chi connectivity index (χ2n) is 30.0. The minimum Gasteiger partial charge on any atom is -0.305 e. The zero-order valence-electron chi connectivity index (χ0n) is 56.7. The Kier molecular flexibility index (Phi) is 18.2. The monoisotopic (exact) mass is 1390 g/mol. The van der Waals surface area contributed by atoms with E-state index in [1.807, 2.05) is 18.6 Å². The Labute approximate surface area is 567 Å². The summed E-state index contributed by atoms with van der Waals surface area (Å²) in [6.07, 6.45) is 5.80. The first-order valence-corrected chi connectivity index (χ1v) is 32.4. The van der Waals surface area contributed by atoms with Crippen molar-refractivity contribution in [1.29, 1.82) is 0 Å². The van der Waals surface area contributed by atoms with Crippen LogP contribution in [0.2, 0.25) is 0 Å². The number of pyridine rings is 3. The molecule has 0 aliphatic carbocycles. The average molecular weight is 1390 g/mol. The van der Waals surface area contributed by atoms with Crippen LogP contribution in [0.1, 0.15) is 132 Å². The van der Waals surface area contributed by atoms with Gasteiger partial charge in [-0.05, 0) is 153 Å². The van der Waals surface area contributed by atoms with E-state index in [-0.39, 0.29) is 47.2 Å². The fraction of sp³-hybridized carbons (Fsp3) is 0.225. The van der Waals surface area contributed by atoms with Gasteiger partial charge in [0.15, 0.2) is 0 Å². The van der Waals surface area contributed by atoms with Crippen LogP contribution in [0.5, 0.6) is 0 Å². The van der Waals surface area contributed by atoms with Gasteiger partial charge in [0.2, 0.25) is 0 Å². The van der Waals surface area contributed by atoms with E-state index in [1.165, 1.54) is 27.8 Å². The Bertz CT molecular complexity index is 4480. The van der Waals surface area contributed by atoms with Crippen molar-refractivity contribution in [2.75, 3.05) is 0 Å².